The van der Waals surface area contributed by atoms with Crippen LogP contribution in [0.3, 0.4) is 0 Å². The molecule has 2 atom stereocenters. The monoisotopic (exact) mass is 1840 g/mol. The third-order valence-corrected chi connectivity index (χ3v) is 32.1. The molecule has 0 aliphatic carbocycles. The number of rotatable bonds is 19. The summed E-state index contributed by atoms with van der Waals surface area (Å²) in [5.74, 6) is -0.137. The first-order valence-corrected chi connectivity index (χ1v) is 50.9. The maximum atomic E-state index is 8.86. The molecule has 7 heterocycles. The number of allylic oxidation sites excluding steroid dienone is 6. The van der Waals surface area contributed by atoms with Crippen molar-refractivity contribution in [2.75, 3.05) is 6.61 Å². The molecule has 3 N–H and O–H groups in total. The van der Waals surface area contributed by atoms with Crippen molar-refractivity contribution in [3.8, 4) is 0 Å². The van der Waals surface area contributed by atoms with Crippen molar-refractivity contribution >= 4 is 116 Å². The Kier molecular flexibility index (Phi) is 30.6. The van der Waals surface area contributed by atoms with E-state index in [4.69, 9.17) is 24.4 Å². The number of H-pyrrole nitrogens is 1. The molecule has 0 amide bonds. The SMILES string of the molecule is CCCCCCc1cc(Br)sc1CCCO.Cc1cc(C)c(C2=C3C=CC(=N3)C(c3cc(C(C)(C)C)cc(C(C)(C)C)c3)C3C=C/C(=C(\c4ccc(B5OC(C)(C)C(C)(C)O5)cc4)C4=N/C(=C(/c5cc(C(C)(C)C)cc(C(C)(C)C)c5)c5ccc2[nH]5)C=C4)N3)c(C)c1.c1ccc(P(c2ccccc2)c2ccccc2)cc1.c1ccc(P(c2ccccc2)c2ccccc2)cc1. The largest absolute Gasteiger partial charge is 0.494 e. The van der Waals surface area contributed by atoms with Crippen LogP contribution in [0.25, 0.3) is 16.7 Å². The zero-order valence-corrected chi connectivity index (χ0v) is 84.4. The van der Waals surface area contributed by atoms with Gasteiger partial charge in [-0.25, -0.2) is 4.99 Å². The topological polar surface area (TPSA) is 91.2 Å². The van der Waals surface area contributed by atoms with Crippen LogP contribution in [0.2, 0.25) is 0 Å². The van der Waals surface area contributed by atoms with Crippen LogP contribution in [-0.2, 0) is 43.8 Å². The van der Waals surface area contributed by atoms with Crippen molar-refractivity contribution in [3.63, 3.8) is 0 Å². The van der Waals surface area contributed by atoms with Gasteiger partial charge < -0.3 is 24.7 Å². The van der Waals surface area contributed by atoms with Crippen LogP contribution in [0.15, 0.2) is 340 Å². The van der Waals surface area contributed by atoms with Crippen LogP contribution in [-0.4, -0.2) is 52.5 Å². The van der Waals surface area contributed by atoms with E-state index in [0.717, 1.165) is 86.1 Å². The summed E-state index contributed by atoms with van der Waals surface area (Å²) in [6, 6.07) is 99.1. The molecule has 1 saturated heterocycles. The van der Waals surface area contributed by atoms with E-state index in [1.165, 1.54) is 128 Å². The molecule has 10 aromatic carbocycles. The minimum atomic E-state index is -0.475. The fraction of sp³-hybridized carbons (Fsp3) is 0.305. The van der Waals surface area contributed by atoms with Crippen molar-refractivity contribution < 1.29 is 14.4 Å². The summed E-state index contributed by atoms with van der Waals surface area (Å²) >= 11 is 5.38. The molecule has 8 bridgehead atoms. The average molecular weight is 1840 g/mol. The number of hydrogen-bond acceptors (Lipinski definition) is 7. The molecule has 0 spiro atoms. The number of aliphatic hydroxyl groups excluding tert-OH is 1. The maximum Gasteiger partial charge on any atom is 0.494 e. The highest BCUT2D eigenvalue weighted by Gasteiger charge is 2.52. The van der Waals surface area contributed by atoms with Crippen LogP contribution < -0.4 is 42.6 Å². The molecule has 5 aliphatic rings. The summed E-state index contributed by atoms with van der Waals surface area (Å²) in [6.45, 7) is 45.4. The van der Waals surface area contributed by atoms with E-state index in [2.05, 4.69) is 474 Å². The number of fused-ring (bicyclic) bond motifs is 6. The first kappa shape index (κ1) is 96.1. The molecule has 7 nitrogen and oxygen atoms in total. The fourth-order valence-corrected chi connectivity index (χ4v) is 24.0. The number of aliphatic hydroxyl groups is 1. The Hall–Kier alpha value is -9.96. The quantitative estimate of drug-likeness (QED) is 0.0427. The second kappa shape index (κ2) is 41.5. The van der Waals surface area contributed by atoms with Gasteiger partial charge in [-0.3, -0.25) is 4.99 Å². The van der Waals surface area contributed by atoms with Crippen LogP contribution >= 0.6 is 43.1 Å². The standard InChI is InChI=1S/C69H81BN4O2.2C18H15P.C13H21BrOS/c1-40-32-41(2)59(42(3)33-40)63-57-30-28-55(73-57)61(44-34-46(64(4,5)6)38-47(35-44)65(7,8)9)53-26-24-51(71-53)60(43-20-22-50(23-21-43)70-75-68(16,17)69(18,19)76-70)52-25-27-54(72-52)62(56-29-31-58(63)74-56)45-36-48(66(10,11)12)39-49(37-45)67(13,14)15;2*1-4-10-16(11-5-1)19(17-12-6-2-7-13-17)18-14-8-3-9-15-18;1-2-3-4-5-7-11-10-13(14)16-12(11)8-6-9-15/h20-39,53,61,71,74H,1-19H3;2*1-15H;10,15H,2-9H2,1H3/b60-51-,62-54-,63-57?;;;. The van der Waals surface area contributed by atoms with E-state index >= 15 is 0 Å². The predicted molar refractivity (Wildman–Crippen MR) is 568 cm³/mol. The number of aromatic amines is 1. The van der Waals surface area contributed by atoms with E-state index in [1.54, 1.807) is 0 Å². The molecule has 2 aromatic heterocycles. The third kappa shape index (κ3) is 23.0. The molecule has 5 aliphatic heterocycles. The molecule has 668 valence electrons. The lowest BCUT2D eigenvalue weighted by molar-refractivity contribution is 0.00578. The Morgan fingerprint density at radius 3 is 1.32 bits per heavy atom. The zero-order chi connectivity index (χ0) is 92.5. The predicted octanol–water partition coefficient (Wildman–Crippen LogP) is 27.2. The molecule has 12 heteroatoms. The number of aromatic nitrogens is 1. The van der Waals surface area contributed by atoms with Gasteiger partial charge in [-0.2, -0.15) is 0 Å². The van der Waals surface area contributed by atoms with Gasteiger partial charge in [0.05, 0.1) is 49.8 Å². The van der Waals surface area contributed by atoms with Crippen molar-refractivity contribution in [2.24, 2.45) is 9.98 Å². The van der Waals surface area contributed by atoms with Gasteiger partial charge in [-0.15, -0.1) is 11.3 Å². The van der Waals surface area contributed by atoms with Crippen molar-refractivity contribution in [3.05, 3.63) is 413 Å². The molecule has 2 unspecified atom stereocenters. The Morgan fingerprint density at radius 2 is 0.877 bits per heavy atom. The zero-order valence-electron chi connectivity index (χ0n) is 80.2. The van der Waals surface area contributed by atoms with Gasteiger partial charge in [0.25, 0.3) is 0 Å². The Bertz CT molecular complexity index is 5780. The molecule has 17 rings (SSSR count). The Balaban J connectivity index is 0.000000200. The van der Waals surface area contributed by atoms with Gasteiger partial charge in [-0.05, 0) is 275 Å². The van der Waals surface area contributed by atoms with Gasteiger partial charge in [0, 0.05) is 45.3 Å². The van der Waals surface area contributed by atoms with Crippen LogP contribution in [0.1, 0.15) is 239 Å². The molecule has 130 heavy (non-hydrogen) atoms. The third-order valence-electron chi connectivity index (χ3n) is 25.5. The van der Waals surface area contributed by atoms with Crippen LogP contribution in [0.5, 0.6) is 0 Å². The second-order valence-electron chi connectivity index (χ2n) is 40.2. The summed E-state index contributed by atoms with van der Waals surface area (Å²) in [5.41, 5.74) is 24.7. The fourth-order valence-electron chi connectivity index (χ4n) is 17.6. The first-order chi connectivity index (χ1) is 62.0. The summed E-state index contributed by atoms with van der Waals surface area (Å²) in [6.07, 6.45) is 22.0. The lowest BCUT2D eigenvalue weighted by Crippen LogP contribution is -2.41. The highest BCUT2D eigenvalue weighted by molar-refractivity contribution is 9.11. The molecule has 0 radical (unpaired) electrons. The number of hydrogen-bond donors (Lipinski definition) is 3. The number of nitrogens with one attached hydrogen (secondary N) is 2. The smallest absolute Gasteiger partial charge is 0.399 e. The van der Waals surface area contributed by atoms with Gasteiger partial charge in [-0.1, -0.05) is 376 Å². The minimum absolute atomic E-state index is 0.0749. The maximum absolute atomic E-state index is 8.86. The average Bonchev–Trinajstić information content (AvgIpc) is 1.59. The number of benzene rings is 10. The van der Waals surface area contributed by atoms with E-state index in [0.29, 0.717) is 6.61 Å². The Labute approximate surface area is 792 Å². The lowest BCUT2D eigenvalue weighted by Gasteiger charge is -2.32. The molecule has 12 aromatic rings. The summed E-state index contributed by atoms with van der Waals surface area (Å²) < 4.78 is 14.3. The van der Waals surface area contributed by atoms with Crippen LogP contribution in [0.4, 0.5) is 0 Å². The molecular formula is C118H132BBrN4O3P2S. The molecular weight excluding hydrogens is 1710 g/mol. The number of thiophene rings is 1. The number of halogens is 1. The van der Waals surface area contributed by atoms with Gasteiger partial charge in [0.2, 0.25) is 0 Å². The number of aryl methyl sites for hydroxylation is 5. The first-order valence-electron chi connectivity index (χ1n) is 46.6. The van der Waals surface area contributed by atoms with E-state index in [1.807, 2.05) is 11.3 Å². The second-order valence-corrected chi connectivity index (χ2v) is 47.2. The highest BCUT2D eigenvalue weighted by atomic mass is 79.9. The van der Waals surface area contributed by atoms with Crippen molar-refractivity contribution in [1.82, 2.24) is 10.3 Å². The minimum Gasteiger partial charge on any atom is -0.399 e. The summed E-state index contributed by atoms with van der Waals surface area (Å²) in [7, 11) is -1.37. The normalized spacial score (nSPS) is 17.4. The van der Waals surface area contributed by atoms with Gasteiger partial charge in [0.1, 0.15) is 0 Å². The van der Waals surface area contributed by atoms with Gasteiger partial charge in [0.15, 0.2) is 0 Å². The summed E-state index contributed by atoms with van der Waals surface area (Å²) in [5, 5.41) is 21.4. The van der Waals surface area contributed by atoms with Crippen molar-refractivity contribution in [2.45, 2.75) is 228 Å². The Morgan fingerprint density at radius 1 is 0.446 bits per heavy atom. The van der Waals surface area contributed by atoms with Crippen LogP contribution in [0, 0.1) is 20.8 Å². The number of nitrogens with zero attached hydrogens (tertiary/aromatic N) is 2. The van der Waals surface area contributed by atoms with E-state index in [9.17, 15) is 0 Å². The summed E-state index contributed by atoms with van der Waals surface area (Å²) in [4.78, 5) is 17.1. The van der Waals surface area contributed by atoms with E-state index < -0.39 is 34.2 Å². The number of unbranched alkanes of at least 4 members (excludes halogenated alkanes) is 3. The highest BCUT2D eigenvalue weighted by Crippen LogP contribution is 2.46. The number of aliphatic imine (C=N–C) groups is 2. The van der Waals surface area contributed by atoms with E-state index in [-0.39, 0.29) is 33.6 Å². The van der Waals surface area contributed by atoms with Gasteiger partial charge >= 0.3 is 7.12 Å². The molecule has 0 saturated carbocycles. The lowest BCUT2D eigenvalue weighted by atomic mass is 9.76. The molecule has 1 fully saturated rings. The van der Waals surface area contributed by atoms with Crippen molar-refractivity contribution in [1.29, 1.82) is 0 Å².